The van der Waals surface area contributed by atoms with Gasteiger partial charge in [0.05, 0.1) is 17.2 Å². The molecule has 0 heterocycles. The summed E-state index contributed by atoms with van der Waals surface area (Å²) in [6, 6.07) is 11.7. The number of carbonyl (C=O) groups is 1. The maximum Gasteiger partial charge on any atom is 0.270 e. The second-order valence-electron chi connectivity index (χ2n) is 5.62. The van der Waals surface area contributed by atoms with Crippen LogP contribution in [0.2, 0.25) is 5.02 Å². The Bertz CT molecular complexity index is 800. The lowest BCUT2D eigenvalue weighted by Crippen LogP contribution is -2.32. The minimum atomic E-state index is -0.489. The Balaban J connectivity index is 2.01. The highest BCUT2D eigenvalue weighted by Gasteiger charge is 2.17. The van der Waals surface area contributed by atoms with Gasteiger partial charge in [0.15, 0.2) is 0 Å². The molecule has 0 aliphatic rings. The summed E-state index contributed by atoms with van der Waals surface area (Å²) in [5.74, 6) is -0.217. The van der Waals surface area contributed by atoms with Gasteiger partial charge in [-0.1, -0.05) is 23.7 Å². The third-order valence-electron chi connectivity index (χ3n) is 3.82. The molecule has 0 aromatic heterocycles. The Morgan fingerprint density at radius 1 is 1.36 bits per heavy atom. The summed E-state index contributed by atoms with van der Waals surface area (Å²) in [6.07, 6.45) is 0. The number of nitrogens with zero attached hydrogens (tertiary/aromatic N) is 2. The van der Waals surface area contributed by atoms with Gasteiger partial charge in [-0.05, 0) is 53.7 Å². The highest BCUT2D eigenvalue weighted by Crippen LogP contribution is 2.27. The zero-order chi connectivity index (χ0) is 18.6. The molecule has 1 amide bonds. The van der Waals surface area contributed by atoms with Crippen molar-refractivity contribution in [3.05, 3.63) is 67.6 Å². The molecule has 6 nitrogen and oxygen atoms in total. The fraction of sp³-hybridized carbons (Fsp3) is 0.235. The zero-order valence-corrected chi connectivity index (χ0v) is 16.0. The number of hydrogen-bond acceptors (Lipinski definition) is 4. The van der Waals surface area contributed by atoms with Gasteiger partial charge in [0.1, 0.15) is 0 Å². The van der Waals surface area contributed by atoms with E-state index in [4.69, 9.17) is 11.6 Å². The van der Waals surface area contributed by atoms with E-state index in [1.165, 1.54) is 18.2 Å². The molecule has 2 aromatic carbocycles. The average molecular weight is 427 g/mol. The number of likely N-dealkylation sites (N-methyl/N-ethyl adjacent to an activating group) is 1. The zero-order valence-electron chi connectivity index (χ0n) is 13.7. The van der Waals surface area contributed by atoms with Gasteiger partial charge in [-0.3, -0.25) is 19.8 Å². The second kappa shape index (κ2) is 8.42. The van der Waals surface area contributed by atoms with Crippen LogP contribution in [0.25, 0.3) is 0 Å². The van der Waals surface area contributed by atoms with Gasteiger partial charge in [-0.15, -0.1) is 0 Å². The number of nitrogens with one attached hydrogen (secondary N) is 1. The molecule has 0 spiro atoms. The first kappa shape index (κ1) is 19.4. The van der Waals surface area contributed by atoms with Crippen LogP contribution in [0.3, 0.4) is 0 Å². The van der Waals surface area contributed by atoms with Gasteiger partial charge in [0.2, 0.25) is 5.91 Å². The number of amides is 1. The quantitative estimate of drug-likeness (QED) is 0.539. The second-order valence-corrected chi connectivity index (χ2v) is 6.91. The lowest BCUT2D eigenvalue weighted by molar-refractivity contribution is -0.384. The SMILES string of the molecule is CC(c1cccc(Cl)c1)N(C)CC(=O)Nc1ccc([N+](=O)[O-])cc1Br. The van der Waals surface area contributed by atoms with Crippen LogP contribution in [-0.2, 0) is 4.79 Å². The van der Waals surface area contributed by atoms with Crippen molar-refractivity contribution in [2.24, 2.45) is 0 Å². The summed E-state index contributed by atoms with van der Waals surface area (Å²) in [5.41, 5.74) is 1.45. The van der Waals surface area contributed by atoms with Crippen LogP contribution in [-0.4, -0.2) is 29.3 Å². The topological polar surface area (TPSA) is 75.5 Å². The Hall–Kier alpha value is -1.96. The van der Waals surface area contributed by atoms with Crippen molar-refractivity contribution < 1.29 is 9.72 Å². The number of nitro groups is 1. The van der Waals surface area contributed by atoms with Crippen LogP contribution >= 0.6 is 27.5 Å². The van der Waals surface area contributed by atoms with Crippen molar-refractivity contribution in [1.29, 1.82) is 0 Å². The molecule has 2 rings (SSSR count). The van der Waals surface area contributed by atoms with E-state index in [1.54, 1.807) is 6.07 Å². The van der Waals surface area contributed by atoms with Gasteiger partial charge in [0.25, 0.3) is 5.69 Å². The Kier molecular flexibility index (Phi) is 6.52. The summed E-state index contributed by atoms with van der Waals surface area (Å²) in [6.45, 7) is 2.15. The Morgan fingerprint density at radius 2 is 2.08 bits per heavy atom. The number of hydrogen-bond donors (Lipinski definition) is 1. The molecule has 25 heavy (non-hydrogen) atoms. The highest BCUT2D eigenvalue weighted by atomic mass is 79.9. The van der Waals surface area contributed by atoms with E-state index in [-0.39, 0.29) is 24.2 Å². The molecule has 0 bridgehead atoms. The van der Waals surface area contributed by atoms with Crippen molar-refractivity contribution in [3.63, 3.8) is 0 Å². The van der Waals surface area contributed by atoms with Crippen LogP contribution in [0.5, 0.6) is 0 Å². The van der Waals surface area contributed by atoms with E-state index < -0.39 is 4.92 Å². The molecule has 1 N–H and O–H groups in total. The maximum atomic E-state index is 12.3. The van der Waals surface area contributed by atoms with E-state index in [0.29, 0.717) is 15.2 Å². The number of rotatable bonds is 6. The first-order valence-corrected chi connectivity index (χ1v) is 8.64. The normalized spacial score (nSPS) is 12.0. The largest absolute Gasteiger partial charge is 0.324 e. The standard InChI is InChI=1S/C17H17BrClN3O3/c1-11(12-4-3-5-13(19)8-12)21(2)10-17(23)20-16-7-6-14(22(24)25)9-15(16)18/h3-9,11H,10H2,1-2H3,(H,20,23). The summed E-state index contributed by atoms with van der Waals surface area (Å²) in [7, 11) is 1.84. The first-order valence-electron chi connectivity index (χ1n) is 7.47. The summed E-state index contributed by atoms with van der Waals surface area (Å²) in [4.78, 5) is 24.4. The molecule has 1 atom stereocenters. The molecule has 1 unspecified atom stereocenters. The molecular formula is C17H17BrClN3O3. The Morgan fingerprint density at radius 3 is 2.68 bits per heavy atom. The van der Waals surface area contributed by atoms with Gasteiger partial charge in [0, 0.05) is 27.7 Å². The van der Waals surface area contributed by atoms with Crippen molar-refractivity contribution in [2.75, 3.05) is 18.9 Å². The molecule has 0 aliphatic carbocycles. The summed E-state index contributed by atoms with van der Waals surface area (Å²) >= 11 is 9.24. The molecule has 0 fully saturated rings. The highest BCUT2D eigenvalue weighted by molar-refractivity contribution is 9.10. The minimum absolute atomic E-state index is 0.00440. The molecule has 0 saturated carbocycles. The van der Waals surface area contributed by atoms with Crippen molar-refractivity contribution in [3.8, 4) is 0 Å². The third-order valence-corrected chi connectivity index (χ3v) is 4.71. The van der Waals surface area contributed by atoms with Crippen LogP contribution in [0, 0.1) is 10.1 Å². The van der Waals surface area contributed by atoms with Crippen molar-refractivity contribution in [2.45, 2.75) is 13.0 Å². The number of nitro benzene ring substituents is 1. The van der Waals surface area contributed by atoms with Gasteiger partial charge < -0.3 is 5.32 Å². The minimum Gasteiger partial charge on any atom is -0.324 e. The predicted octanol–water partition coefficient (Wildman–Crippen LogP) is 4.64. The van der Waals surface area contributed by atoms with Crippen LogP contribution in [0.4, 0.5) is 11.4 Å². The Labute approximate surface area is 159 Å². The number of halogens is 2. The average Bonchev–Trinajstić information content (AvgIpc) is 2.55. The van der Waals surface area contributed by atoms with E-state index in [0.717, 1.165) is 5.56 Å². The lowest BCUT2D eigenvalue weighted by atomic mass is 10.1. The molecular weight excluding hydrogens is 410 g/mol. The smallest absolute Gasteiger partial charge is 0.270 e. The molecule has 2 aromatic rings. The molecule has 0 saturated heterocycles. The fourth-order valence-corrected chi connectivity index (χ4v) is 2.96. The number of anilines is 1. The van der Waals surface area contributed by atoms with Gasteiger partial charge in [-0.25, -0.2) is 0 Å². The predicted molar refractivity (Wildman–Crippen MR) is 102 cm³/mol. The van der Waals surface area contributed by atoms with Gasteiger partial charge in [-0.2, -0.15) is 0 Å². The van der Waals surface area contributed by atoms with E-state index in [9.17, 15) is 14.9 Å². The first-order chi connectivity index (χ1) is 11.8. The molecule has 0 aliphatic heterocycles. The molecule has 132 valence electrons. The number of non-ortho nitro benzene ring substituents is 1. The van der Waals surface area contributed by atoms with Crippen LogP contribution in [0.15, 0.2) is 46.9 Å². The van der Waals surface area contributed by atoms with Crippen LogP contribution in [0.1, 0.15) is 18.5 Å². The lowest BCUT2D eigenvalue weighted by Gasteiger charge is -2.24. The van der Waals surface area contributed by atoms with Crippen LogP contribution < -0.4 is 5.32 Å². The van der Waals surface area contributed by atoms with E-state index >= 15 is 0 Å². The van der Waals surface area contributed by atoms with Crippen molar-refractivity contribution in [1.82, 2.24) is 4.90 Å². The fourth-order valence-electron chi connectivity index (χ4n) is 2.29. The van der Waals surface area contributed by atoms with Gasteiger partial charge >= 0.3 is 0 Å². The third kappa shape index (κ3) is 5.26. The van der Waals surface area contributed by atoms with Crippen molar-refractivity contribution >= 4 is 44.8 Å². The molecule has 0 radical (unpaired) electrons. The number of benzene rings is 2. The summed E-state index contributed by atoms with van der Waals surface area (Å²) < 4.78 is 0.459. The monoisotopic (exact) mass is 425 g/mol. The summed E-state index contributed by atoms with van der Waals surface area (Å²) in [5, 5.41) is 14.1. The number of carbonyl (C=O) groups excluding carboxylic acids is 1. The molecule has 8 heteroatoms. The maximum absolute atomic E-state index is 12.3. The van der Waals surface area contributed by atoms with E-state index in [2.05, 4.69) is 21.2 Å². The van der Waals surface area contributed by atoms with E-state index in [1.807, 2.05) is 37.1 Å².